The van der Waals surface area contributed by atoms with Crippen LogP contribution in [-0.4, -0.2) is 98.8 Å². The lowest BCUT2D eigenvalue weighted by molar-refractivity contribution is -0.151. The number of aromatic carboxylic acids is 1. The molecule has 21 heteroatoms. The molecule has 0 saturated carbocycles. The molecule has 1 fully saturated rings. The highest BCUT2D eigenvalue weighted by atomic mass is 32.2. The number of hydrogen-bond donors (Lipinski definition) is 7. The summed E-state index contributed by atoms with van der Waals surface area (Å²) < 4.78 is 0.276. The van der Waals surface area contributed by atoms with Crippen molar-refractivity contribution in [2.45, 2.75) is 21.9 Å². The number of aromatic hydroxyl groups is 2. The first kappa shape index (κ1) is 36.2. The molecule has 1 saturated heterocycles. The van der Waals surface area contributed by atoms with Crippen molar-refractivity contribution in [3.63, 3.8) is 0 Å². The van der Waals surface area contributed by atoms with Crippen molar-refractivity contribution in [1.82, 2.24) is 20.2 Å². The highest BCUT2D eigenvalue weighted by Crippen LogP contribution is 2.43. The number of thioether (sulfide) groups is 2. The van der Waals surface area contributed by atoms with Gasteiger partial charge in [-0.3, -0.25) is 14.5 Å². The quantitative estimate of drug-likeness (QED) is 0.0337. The van der Waals surface area contributed by atoms with E-state index in [1.54, 1.807) is 18.2 Å². The van der Waals surface area contributed by atoms with Gasteiger partial charge in [0.25, 0.3) is 11.8 Å². The van der Waals surface area contributed by atoms with E-state index in [4.69, 9.17) is 10.6 Å². The average Bonchev–Trinajstić information content (AvgIpc) is 3.75. The van der Waals surface area contributed by atoms with Crippen LogP contribution in [0.3, 0.4) is 0 Å². The lowest BCUT2D eigenvalue weighted by Gasteiger charge is -2.49. The first-order valence-electron chi connectivity index (χ1n) is 14.7. The summed E-state index contributed by atoms with van der Waals surface area (Å²) in [7, 11) is 0. The van der Waals surface area contributed by atoms with Gasteiger partial charge >= 0.3 is 17.9 Å². The number of carboxylic acid groups (broad SMARTS) is 3. The number of phenolic OH excluding ortho intramolecular Hbond substituents is 2. The number of aromatic nitrogens is 2. The first-order chi connectivity index (χ1) is 24.8. The Morgan fingerprint density at radius 1 is 1.06 bits per heavy atom. The Morgan fingerprint density at radius 2 is 1.81 bits per heavy atom. The SMILES string of the molecule is Nc1nc(C(=NOC(C(=O)O)c2ccccc2)C(=O)N[C@@H]2C(=O)N3C(C(=O)O)=C(CSc4nc(C(=O)O)c(-c5ccc(O)c(O)c5)s4)CS[C@@H]23)cs1. The molecule has 52 heavy (non-hydrogen) atoms. The van der Waals surface area contributed by atoms with E-state index in [-0.39, 0.29) is 54.3 Å². The largest absolute Gasteiger partial charge is 0.504 e. The van der Waals surface area contributed by atoms with Gasteiger partial charge in [-0.25, -0.2) is 24.4 Å². The van der Waals surface area contributed by atoms with Crippen LogP contribution in [0.15, 0.2) is 74.7 Å². The molecule has 1 unspecified atom stereocenters. The molecule has 0 radical (unpaired) electrons. The summed E-state index contributed by atoms with van der Waals surface area (Å²) in [6.45, 7) is 0. The number of carboxylic acids is 3. The van der Waals surface area contributed by atoms with Crippen molar-refractivity contribution in [1.29, 1.82) is 0 Å². The molecule has 17 nitrogen and oxygen atoms in total. The zero-order valence-corrected chi connectivity index (χ0v) is 29.3. The zero-order chi connectivity index (χ0) is 37.3. The van der Waals surface area contributed by atoms with E-state index in [9.17, 15) is 49.5 Å². The fraction of sp³-hybridized carbons (Fsp3) is 0.161. The Morgan fingerprint density at radius 3 is 2.44 bits per heavy atom. The number of thiazole rings is 2. The highest BCUT2D eigenvalue weighted by Gasteiger charge is 2.54. The number of aliphatic carboxylic acids is 2. The van der Waals surface area contributed by atoms with Gasteiger partial charge in [-0.15, -0.1) is 34.4 Å². The molecule has 268 valence electrons. The van der Waals surface area contributed by atoms with Crippen LogP contribution in [0, 0.1) is 0 Å². The van der Waals surface area contributed by atoms with E-state index in [0.29, 0.717) is 11.1 Å². The monoisotopic (exact) mass is 784 g/mol. The number of nitrogen functional groups attached to an aromatic ring is 1. The lowest BCUT2D eigenvalue weighted by Crippen LogP contribution is -2.71. The Bertz CT molecular complexity index is 2170. The van der Waals surface area contributed by atoms with Gasteiger partial charge in [0.1, 0.15) is 22.8 Å². The number of benzene rings is 2. The maximum Gasteiger partial charge on any atom is 0.356 e. The molecule has 0 spiro atoms. The predicted molar refractivity (Wildman–Crippen MR) is 189 cm³/mol. The number of anilines is 1. The Balaban J connectivity index is 1.19. The van der Waals surface area contributed by atoms with Crippen LogP contribution >= 0.6 is 46.2 Å². The molecule has 4 aromatic rings. The Hall–Kier alpha value is -5.64. The fourth-order valence-electron chi connectivity index (χ4n) is 5.10. The fourth-order valence-corrected chi connectivity index (χ4v) is 9.27. The van der Waals surface area contributed by atoms with Crippen LogP contribution in [0.25, 0.3) is 10.4 Å². The van der Waals surface area contributed by atoms with Gasteiger partial charge in [-0.05, 0) is 29.3 Å². The Labute approximate surface area is 308 Å². The molecule has 2 aliphatic heterocycles. The number of nitrogens with one attached hydrogen (secondary N) is 1. The van der Waals surface area contributed by atoms with Crippen molar-refractivity contribution < 1.29 is 54.3 Å². The summed E-state index contributed by atoms with van der Waals surface area (Å²) in [5.41, 5.74) is 5.56. The second kappa shape index (κ2) is 14.9. The molecule has 2 aliphatic rings. The van der Waals surface area contributed by atoms with Crippen molar-refractivity contribution >= 4 is 86.8 Å². The minimum Gasteiger partial charge on any atom is -0.504 e. The van der Waals surface area contributed by atoms with Crippen LogP contribution in [-0.2, 0) is 24.0 Å². The standard InChI is InChI=1S/C31H24N6O11S4/c32-30-33-15(11-50-30)18(36-48-22(29(46)47)12-4-2-1-3-5-12)24(40)34-20-25(41)37-21(28(44)45)14(9-49-26(20)37)10-51-31-35-19(27(42)43)23(52-31)13-6-7-16(38)17(39)8-13/h1-8,11,20,22,26,38-39H,9-10H2,(H2,32,33)(H,34,40)(H,42,43)(H,44,45)(H,46,47)/t20-,22?,26+/m1/s1. The Kier molecular flexibility index (Phi) is 10.4. The van der Waals surface area contributed by atoms with Crippen molar-refractivity contribution in [2.24, 2.45) is 5.16 Å². The van der Waals surface area contributed by atoms with Gasteiger partial charge in [-0.2, -0.15) is 0 Å². The first-order valence-corrected chi connectivity index (χ1v) is 18.4. The number of nitrogens with two attached hydrogens (primary N) is 1. The molecule has 2 amide bonds. The summed E-state index contributed by atoms with van der Waals surface area (Å²) in [5.74, 6) is -6.45. The van der Waals surface area contributed by atoms with Gasteiger partial charge in [0.05, 0.1) is 4.88 Å². The van der Waals surface area contributed by atoms with Crippen molar-refractivity contribution in [2.75, 3.05) is 17.2 Å². The van der Waals surface area contributed by atoms with Gasteiger partial charge in [0.2, 0.25) is 6.10 Å². The molecular formula is C31H24N6O11S4. The van der Waals surface area contributed by atoms with Gasteiger partial charge in [0, 0.05) is 22.4 Å². The highest BCUT2D eigenvalue weighted by molar-refractivity contribution is 8.02. The number of hydrogen-bond acceptors (Lipinski definition) is 16. The summed E-state index contributed by atoms with van der Waals surface area (Å²) in [4.78, 5) is 78.0. The molecule has 6 rings (SSSR count). The van der Waals surface area contributed by atoms with E-state index in [1.807, 2.05) is 0 Å². The van der Waals surface area contributed by atoms with Crippen LogP contribution in [0.4, 0.5) is 5.13 Å². The molecule has 4 heterocycles. The number of rotatable bonds is 13. The van der Waals surface area contributed by atoms with E-state index in [0.717, 1.165) is 39.3 Å². The van der Waals surface area contributed by atoms with Crippen LogP contribution in [0.2, 0.25) is 0 Å². The topological polar surface area (TPSA) is 275 Å². The van der Waals surface area contributed by atoms with E-state index in [1.165, 1.54) is 47.5 Å². The van der Waals surface area contributed by atoms with Crippen molar-refractivity contribution in [3.05, 3.63) is 82.1 Å². The minimum atomic E-state index is -1.58. The van der Waals surface area contributed by atoms with Gasteiger partial charge in [0.15, 0.2) is 32.4 Å². The summed E-state index contributed by atoms with van der Waals surface area (Å²) in [5, 5.41) is 56.1. The number of carbonyl (C=O) groups excluding carboxylic acids is 2. The summed E-state index contributed by atoms with van der Waals surface area (Å²) in [6.07, 6.45) is -1.58. The maximum absolute atomic E-state index is 13.5. The number of oxime groups is 1. The molecular weight excluding hydrogens is 761 g/mol. The summed E-state index contributed by atoms with van der Waals surface area (Å²) >= 11 is 4.22. The van der Waals surface area contributed by atoms with E-state index >= 15 is 0 Å². The lowest BCUT2D eigenvalue weighted by atomic mass is 10.0. The van der Waals surface area contributed by atoms with Crippen molar-refractivity contribution in [3.8, 4) is 21.9 Å². The number of nitrogens with zero attached hydrogens (tertiary/aromatic N) is 4. The van der Waals surface area contributed by atoms with Crippen LogP contribution in [0.5, 0.6) is 11.5 Å². The van der Waals surface area contributed by atoms with Crippen LogP contribution in [0.1, 0.15) is 27.8 Å². The molecule has 0 aliphatic carbocycles. The second-order valence-corrected chi connectivity index (χ2v) is 15.0. The number of phenols is 2. The summed E-state index contributed by atoms with van der Waals surface area (Å²) in [6, 6.07) is 10.5. The van der Waals surface area contributed by atoms with Gasteiger partial charge < -0.3 is 41.4 Å². The third-order valence-electron chi connectivity index (χ3n) is 7.51. The number of amides is 2. The van der Waals surface area contributed by atoms with E-state index < -0.39 is 58.7 Å². The normalized spacial score (nSPS) is 17.6. The minimum absolute atomic E-state index is 0.0283. The average molecular weight is 785 g/mol. The molecule has 2 aromatic heterocycles. The van der Waals surface area contributed by atoms with Crippen LogP contribution < -0.4 is 11.1 Å². The van der Waals surface area contributed by atoms with E-state index in [2.05, 4.69) is 20.4 Å². The molecule has 3 atom stereocenters. The molecule has 8 N–H and O–H groups in total. The molecule has 2 aromatic carbocycles. The number of β-lactam (4-membered cyclic amide) rings is 1. The second-order valence-electron chi connectivity index (χ2n) is 10.8. The maximum atomic E-state index is 13.5. The predicted octanol–water partition coefficient (Wildman–Crippen LogP) is 3.04. The third kappa shape index (κ3) is 7.24. The number of fused-ring (bicyclic) bond motifs is 1. The molecule has 0 bridgehead atoms. The smallest absolute Gasteiger partial charge is 0.356 e. The zero-order valence-electron chi connectivity index (χ0n) is 26.0. The third-order valence-corrected chi connectivity index (χ3v) is 11.9. The van der Waals surface area contributed by atoms with Gasteiger partial charge in [-0.1, -0.05) is 47.2 Å². The number of carbonyl (C=O) groups is 5.